The molecule has 20 heavy (non-hydrogen) atoms. The highest BCUT2D eigenvalue weighted by Crippen LogP contribution is 2.28. The van der Waals surface area contributed by atoms with Gasteiger partial charge in [0.05, 0.1) is 9.40 Å². The molecule has 0 saturated carbocycles. The lowest BCUT2D eigenvalue weighted by Crippen LogP contribution is -2.01. The maximum atomic E-state index is 10.7. The number of hydrogen-bond acceptors (Lipinski definition) is 3. The maximum Gasteiger partial charge on any atom is 0.283 e. The Morgan fingerprint density at radius 1 is 1.30 bits per heavy atom. The summed E-state index contributed by atoms with van der Waals surface area (Å²) < 4.78 is 0.459. The van der Waals surface area contributed by atoms with Gasteiger partial charge >= 0.3 is 0 Å². The molecule has 104 valence electrons. The molecule has 0 atom stereocenters. The van der Waals surface area contributed by atoms with E-state index in [1.165, 1.54) is 6.07 Å². The molecule has 0 unspecified atom stereocenters. The van der Waals surface area contributed by atoms with E-state index in [1.807, 2.05) is 25.1 Å². The molecule has 2 aromatic rings. The molecule has 2 aromatic carbocycles. The van der Waals surface area contributed by atoms with Crippen LogP contribution in [0, 0.1) is 17.0 Å². The van der Waals surface area contributed by atoms with Crippen LogP contribution in [-0.4, -0.2) is 4.92 Å². The van der Waals surface area contributed by atoms with Gasteiger partial charge in [-0.05, 0) is 58.2 Å². The molecule has 0 fully saturated rings. The van der Waals surface area contributed by atoms with Crippen molar-refractivity contribution in [1.82, 2.24) is 0 Å². The van der Waals surface area contributed by atoms with Crippen molar-refractivity contribution in [2.75, 3.05) is 5.32 Å². The molecule has 0 bridgehead atoms. The number of benzene rings is 2. The van der Waals surface area contributed by atoms with E-state index in [0.29, 0.717) is 16.0 Å². The normalized spacial score (nSPS) is 10.3. The monoisotopic (exact) mass is 354 g/mol. The first-order valence-electron chi connectivity index (χ1n) is 5.90. The van der Waals surface area contributed by atoms with Crippen LogP contribution in [0.15, 0.2) is 40.9 Å². The lowest BCUT2D eigenvalue weighted by atomic mass is 10.1. The number of nitrogens with zero attached hydrogens (tertiary/aromatic N) is 1. The number of aryl methyl sites for hydroxylation is 1. The summed E-state index contributed by atoms with van der Waals surface area (Å²) in [6.45, 7) is 2.63. The molecule has 0 amide bonds. The highest BCUT2D eigenvalue weighted by Gasteiger charge is 2.11. The van der Waals surface area contributed by atoms with E-state index in [2.05, 4.69) is 21.2 Å². The second-order valence-corrected chi connectivity index (χ2v) is 5.64. The van der Waals surface area contributed by atoms with Gasteiger partial charge in [0.25, 0.3) is 5.69 Å². The fraction of sp³-hybridized carbons (Fsp3) is 0.143. The van der Waals surface area contributed by atoms with E-state index >= 15 is 0 Å². The van der Waals surface area contributed by atoms with Gasteiger partial charge in [-0.3, -0.25) is 10.1 Å². The third-order valence-electron chi connectivity index (χ3n) is 2.93. The van der Waals surface area contributed by atoms with Gasteiger partial charge in [-0.2, -0.15) is 0 Å². The van der Waals surface area contributed by atoms with Crippen LogP contribution in [0.3, 0.4) is 0 Å². The molecule has 0 aromatic heterocycles. The minimum absolute atomic E-state index is 0.0539. The minimum atomic E-state index is -0.419. The van der Waals surface area contributed by atoms with Crippen LogP contribution < -0.4 is 5.32 Å². The molecule has 2 rings (SSSR count). The number of anilines is 1. The van der Waals surface area contributed by atoms with Crippen molar-refractivity contribution in [2.24, 2.45) is 0 Å². The van der Waals surface area contributed by atoms with Crippen LogP contribution in [0.2, 0.25) is 5.02 Å². The Labute approximate surface area is 130 Å². The molecule has 0 aliphatic carbocycles. The van der Waals surface area contributed by atoms with Gasteiger partial charge in [0.1, 0.15) is 0 Å². The van der Waals surface area contributed by atoms with Gasteiger partial charge < -0.3 is 5.32 Å². The summed E-state index contributed by atoms with van der Waals surface area (Å²) >= 11 is 9.11. The fourth-order valence-corrected chi connectivity index (χ4v) is 2.57. The second kappa shape index (κ2) is 6.24. The van der Waals surface area contributed by atoms with Crippen molar-refractivity contribution in [3.63, 3.8) is 0 Å². The van der Waals surface area contributed by atoms with Crippen LogP contribution >= 0.6 is 27.5 Å². The summed E-state index contributed by atoms with van der Waals surface area (Å²) in [6.07, 6.45) is 0. The van der Waals surface area contributed by atoms with Crippen molar-refractivity contribution in [1.29, 1.82) is 0 Å². The highest BCUT2D eigenvalue weighted by atomic mass is 79.9. The van der Waals surface area contributed by atoms with Crippen molar-refractivity contribution >= 4 is 38.9 Å². The SMILES string of the molecule is Cc1cc(Cl)ccc1CNc1ccc([N+](=O)[O-])c(Br)c1. The van der Waals surface area contributed by atoms with E-state index in [9.17, 15) is 10.1 Å². The zero-order valence-corrected chi connectivity index (χ0v) is 13.0. The van der Waals surface area contributed by atoms with Crippen LogP contribution in [0.5, 0.6) is 0 Å². The summed E-state index contributed by atoms with van der Waals surface area (Å²) in [6, 6.07) is 10.6. The Bertz CT molecular complexity index is 662. The van der Waals surface area contributed by atoms with Gasteiger partial charge in [-0.15, -0.1) is 0 Å². The molecular formula is C14H12BrClN2O2. The fourth-order valence-electron chi connectivity index (χ4n) is 1.82. The molecule has 0 radical (unpaired) electrons. The van der Waals surface area contributed by atoms with Crippen molar-refractivity contribution < 1.29 is 4.92 Å². The van der Waals surface area contributed by atoms with Gasteiger partial charge in [0, 0.05) is 23.3 Å². The molecule has 0 aliphatic rings. The Kier molecular flexibility index (Phi) is 4.62. The first-order valence-corrected chi connectivity index (χ1v) is 7.07. The van der Waals surface area contributed by atoms with Gasteiger partial charge in [-0.25, -0.2) is 0 Å². The van der Waals surface area contributed by atoms with Gasteiger partial charge in [0.2, 0.25) is 0 Å². The summed E-state index contributed by atoms with van der Waals surface area (Å²) in [4.78, 5) is 10.3. The summed E-state index contributed by atoms with van der Waals surface area (Å²) in [7, 11) is 0. The molecule has 0 spiro atoms. The molecule has 0 heterocycles. The van der Waals surface area contributed by atoms with Crippen LogP contribution in [0.25, 0.3) is 0 Å². The highest BCUT2D eigenvalue weighted by molar-refractivity contribution is 9.10. The van der Waals surface area contributed by atoms with Crippen molar-refractivity contribution in [3.05, 3.63) is 67.1 Å². The van der Waals surface area contributed by atoms with E-state index in [1.54, 1.807) is 12.1 Å². The molecule has 6 heteroatoms. The average molecular weight is 356 g/mol. The maximum absolute atomic E-state index is 10.7. The summed E-state index contributed by atoms with van der Waals surface area (Å²) in [5.41, 5.74) is 3.10. The third-order valence-corrected chi connectivity index (χ3v) is 3.80. The zero-order valence-electron chi connectivity index (χ0n) is 10.7. The quantitative estimate of drug-likeness (QED) is 0.625. The largest absolute Gasteiger partial charge is 0.381 e. The lowest BCUT2D eigenvalue weighted by Gasteiger charge is -2.10. The molecule has 1 N–H and O–H groups in total. The van der Waals surface area contributed by atoms with E-state index in [4.69, 9.17) is 11.6 Å². The lowest BCUT2D eigenvalue weighted by molar-refractivity contribution is -0.385. The van der Waals surface area contributed by atoms with Crippen molar-refractivity contribution in [3.8, 4) is 0 Å². The number of rotatable bonds is 4. The van der Waals surface area contributed by atoms with Crippen LogP contribution in [0.1, 0.15) is 11.1 Å². The number of nitro benzene ring substituents is 1. The van der Waals surface area contributed by atoms with E-state index < -0.39 is 4.92 Å². The third kappa shape index (κ3) is 3.49. The first-order chi connectivity index (χ1) is 9.47. The topological polar surface area (TPSA) is 55.2 Å². The summed E-state index contributed by atoms with van der Waals surface area (Å²) in [5.74, 6) is 0. The van der Waals surface area contributed by atoms with Crippen LogP contribution in [0.4, 0.5) is 11.4 Å². The standard InChI is InChI=1S/C14H12BrClN2O2/c1-9-6-11(16)3-2-10(9)8-17-12-4-5-14(18(19)20)13(15)7-12/h2-7,17H,8H2,1H3. The second-order valence-electron chi connectivity index (χ2n) is 4.35. The molecular weight excluding hydrogens is 344 g/mol. The molecule has 0 saturated heterocycles. The number of halogens is 2. The Hall–Kier alpha value is -1.59. The number of nitrogens with one attached hydrogen (secondary N) is 1. The summed E-state index contributed by atoms with van der Waals surface area (Å²) in [5, 5.41) is 14.7. The van der Waals surface area contributed by atoms with Crippen LogP contribution in [-0.2, 0) is 6.54 Å². The van der Waals surface area contributed by atoms with Crippen molar-refractivity contribution in [2.45, 2.75) is 13.5 Å². The Balaban J connectivity index is 2.11. The Morgan fingerprint density at radius 2 is 2.05 bits per heavy atom. The number of nitro groups is 1. The predicted molar refractivity (Wildman–Crippen MR) is 84.3 cm³/mol. The molecule has 0 aliphatic heterocycles. The first kappa shape index (κ1) is 14.8. The zero-order chi connectivity index (χ0) is 14.7. The smallest absolute Gasteiger partial charge is 0.283 e. The average Bonchev–Trinajstić information content (AvgIpc) is 2.37. The Morgan fingerprint density at radius 3 is 2.65 bits per heavy atom. The minimum Gasteiger partial charge on any atom is -0.381 e. The van der Waals surface area contributed by atoms with Gasteiger partial charge in [-0.1, -0.05) is 17.7 Å². The molecule has 4 nitrogen and oxygen atoms in total. The predicted octanol–water partition coefficient (Wildman–Crippen LogP) is 4.93. The van der Waals surface area contributed by atoms with E-state index in [-0.39, 0.29) is 5.69 Å². The van der Waals surface area contributed by atoms with E-state index in [0.717, 1.165) is 16.8 Å². The van der Waals surface area contributed by atoms with Gasteiger partial charge in [0.15, 0.2) is 0 Å². The number of hydrogen-bond donors (Lipinski definition) is 1.